The fraction of sp³-hybridized carbons (Fsp3) is 0.556. The lowest BCUT2D eigenvalue weighted by Gasteiger charge is -2.23. The second-order valence-corrected chi connectivity index (χ2v) is 6.23. The predicted molar refractivity (Wildman–Crippen MR) is 98.1 cm³/mol. The van der Waals surface area contributed by atoms with Gasteiger partial charge >= 0.3 is 0 Å². The largest absolute Gasteiger partial charge is 0.496 e. The summed E-state index contributed by atoms with van der Waals surface area (Å²) >= 11 is 0. The average molecular weight is 384 g/mol. The lowest BCUT2D eigenvalue weighted by atomic mass is 9.90. The molecule has 2 amide bonds. The van der Waals surface area contributed by atoms with Crippen molar-refractivity contribution in [2.75, 3.05) is 33.5 Å². The Balaban J connectivity index is 3.49. The number of aliphatic hydroxyl groups excluding tert-OH is 4. The topological polar surface area (TPSA) is 148 Å². The standard InChI is InChI=1S/C18H28N2O7/c1-9-14(17(25)19-12(5-21)6-22)10(2)16(27-4)11(3)15(9)18(26)20-13(7-23)8-24/h12-13,21-24H,5-8H2,1-4H3,(H,19,25)(H,20,26). The van der Waals surface area contributed by atoms with Gasteiger partial charge in [0.25, 0.3) is 11.8 Å². The summed E-state index contributed by atoms with van der Waals surface area (Å²) in [5, 5.41) is 41.8. The van der Waals surface area contributed by atoms with Crippen molar-refractivity contribution in [1.29, 1.82) is 0 Å². The van der Waals surface area contributed by atoms with E-state index in [0.29, 0.717) is 22.4 Å². The van der Waals surface area contributed by atoms with Crippen molar-refractivity contribution in [2.45, 2.75) is 32.9 Å². The highest BCUT2D eigenvalue weighted by Crippen LogP contribution is 2.33. The van der Waals surface area contributed by atoms with Crippen LogP contribution in [0.3, 0.4) is 0 Å². The summed E-state index contributed by atoms with van der Waals surface area (Å²) < 4.78 is 5.37. The van der Waals surface area contributed by atoms with Crippen LogP contribution >= 0.6 is 0 Å². The van der Waals surface area contributed by atoms with Crippen LogP contribution < -0.4 is 15.4 Å². The molecule has 0 saturated heterocycles. The Morgan fingerprint density at radius 3 is 1.37 bits per heavy atom. The number of ether oxygens (including phenoxy) is 1. The molecule has 0 unspecified atom stereocenters. The summed E-state index contributed by atoms with van der Waals surface area (Å²) in [6.07, 6.45) is 0. The number of aliphatic hydroxyl groups is 4. The molecule has 0 aromatic heterocycles. The van der Waals surface area contributed by atoms with Crippen LogP contribution in [0.5, 0.6) is 5.75 Å². The number of hydrogen-bond acceptors (Lipinski definition) is 7. The van der Waals surface area contributed by atoms with Crippen molar-refractivity contribution in [1.82, 2.24) is 10.6 Å². The van der Waals surface area contributed by atoms with E-state index in [-0.39, 0.29) is 11.1 Å². The fourth-order valence-corrected chi connectivity index (χ4v) is 3.00. The third kappa shape index (κ3) is 4.95. The van der Waals surface area contributed by atoms with Gasteiger partial charge in [-0.25, -0.2) is 0 Å². The molecule has 0 aliphatic carbocycles. The van der Waals surface area contributed by atoms with Crippen LogP contribution in [-0.2, 0) is 0 Å². The molecule has 1 aromatic rings. The van der Waals surface area contributed by atoms with Gasteiger partial charge in [-0.1, -0.05) is 0 Å². The molecule has 0 heterocycles. The van der Waals surface area contributed by atoms with E-state index in [4.69, 9.17) is 4.74 Å². The van der Waals surface area contributed by atoms with Crippen LogP contribution in [0.4, 0.5) is 0 Å². The molecular formula is C18H28N2O7. The molecule has 9 heteroatoms. The highest BCUT2D eigenvalue weighted by Gasteiger charge is 2.27. The minimum absolute atomic E-state index is 0.194. The number of amides is 2. The van der Waals surface area contributed by atoms with Crippen molar-refractivity contribution >= 4 is 11.8 Å². The zero-order valence-corrected chi connectivity index (χ0v) is 16.0. The van der Waals surface area contributed by atoms with Crippen LogP contribution in [-0.4, -0.2) is 77.9 Å². The highest BCUT2D eigenvalue weighted by molar-refractivity contribution is 6.05. The van der Waals surface area contributed by atoms with Gasteiger partial charge in [0.1, 0.15) is 5.75 Å². The summed E-state index contributed by atoms with van der Waals surface area (Å²) in [7, 11) is 1.42. The zero-order valence-electron chi connectivity index (χ0n) is 16.0. The Morgan fingerprint density at radius 2 is 1.11 bits per heavy atom. The van der Waals surface area contributed by atoms with Crippen molar-refractivity contribution in [3.63, 3.8) is 0 Å². The van der Waals surface area contributed by atoms with E-state index in [1.807, 2.05) is 0 Å². The molecule has 1 aromatic carbocycles. The van der Waals surface area contributed by atoms with Crippen molar-refractivity contribution < 1.29 is 34.8 Å². The van der Waals surface area contributed by atoms with Gasteiger partial charge in [-0.15, -0.1) is 0 Å². The van der Waals surface area contributed by atoms with Gasteiger partial charge in [0.15, 0.2) is 0 Å². The first-order chi connectivity index (χ1) is 12.8. The molecule has 0 aliphatic heterocycles. The summed E-state index contributed by atoms with van der Waals surface area (Å²) in [5.74, 6) is -0.775. The van der Waals surface area contributed by atoms with Crippen LogP contribution in [0.2, 0.25) is 0 Å². The Morgan fingerprint density at radius 1 is 0.778 bits per heavy atom. The number of methoxy groups -OCH3 is 1. The first kappa shape index (κ1) is 22.8. The molecule has 0 bridgehead atoms. The molecule has 27 heavy (non-hydrogen) atoms. The average Bonchev–Trinajstić information content (AvgIpc) is 2.64. The Kier molecular flexibility index (Phi) is 8.64. The molecular weight excluding hydrogens is 356 g/mol. The number of rotatable bonds is 9. The van der Waals surface area contributed by atoms with E-state index in [2.05, 4.69) is 10.6 Å². The molecule has 0 aliphatic rings. The van der Waals surface area contributed by atoms with E-state index in [0.717, 1.165) is 0 Å². The summed E-state index contributed by atoms with van der Waals surface area (Å²) in [4.78, 5) is 25.4. The third-order valence-electron chi connectivity index (χ3n) is 4.39. The summed E-state index contributed by atoms with van der Waals surface area (Å²) in [6.45, 7) is 3.19. The molecule has 9 nitrogen and oxygen atoms in total. The second kappa shape index (κ2) is 10.2. The fourth-order valence-electron chi connectivity index (χ4n) is 3.00. The van der Waals surface area contributed by atoms with Crippen LogP contribution in [0.15, 0.2) is 0 Å². The van der Waals surface area contributed by atoms with E-state index < -0.39 is 50.3 Å². The third-order valence-corrected chi connectivity index (χ3v) is 4.39. The molecule has 1 rings (SSSR count). The van der Waals surface area contributed by atoms with Crippen LogP contribution in [0.25, 0.3) is 0 Å². The molecule has 0 atom stereocenters. The first-order valence-electron chi connectivity index (χ1n) is 8.50. The van der Waals surface area contributed by atoms with Crippen LogP contribution in [0.1, 0.15) is 37.4 Å². The molecule has 0 spiro atoms. The minimum Gasteiger partial charge on any atom is -0.496 e. The second-order valence-electron chi connectivity index (χ2n) is 6.23. The zero-order chi connectivity index (χ0) is 20.7. The molecule has 0 radical (unpaired) electrons. The first-order valence-corrected chi connectivity index (χ1v) is 8.50. The number of benzene rings is 1. The lowest BCUT2D eigenvalue weighted by Crippen LogP contribution is -2.42. The number of carbonyl (C=O) groups is 2. The maximum absolute atomic E-state index is 12.7. The Bertz CT molecular complexity index is 630. The quantitative estimate of drug-likeness (QED) is 0.313. The SMILES string of the molecule is COc1c(C)c(C(=O)NC(CO)CO)c(C)c(C(=O)NC(CO)CO)c1C. The van der Waals surface area contributed by atoms with E-state index in [1.54, 1.807) is 20.8 Å². The summed E-state index contributed by atoms with van der Waals surface area (Å²) in [6, 6.07) is -1.68. The highest BCUT2D eigenvalue weighted by atomic mass is 16.5. The van der Waals surface area contributed by atoms with Gasteiger partial charge in [0, 0.05) is 22.3 Å². The van der Waals surface area contributed by atoms with E-state index in [1.165, 1.54) is 7.11 Å². The predicted octanol–water partition coefficient (Wildman–Crippen LogP) is -1.21. The lowest BCUT2D eigenvalue weighted by molar-refractivity contribution is 0.0874. The van der Waals surface area contributed by atoms with Gasteiger partial charge in [-0.05, 0) is 26.3 Å². The smallest absolute Gasteiger partial charge is 0.252 e. The summed E-state index contributed by atoms with van der Waals surface area (Å²) in [5.41, 5.74) is 1.79. The van der Waals surface area contributed by atoms with Gasteiger partial charge in [0.05, 0.1) is 45.6 Å². The molecule has 152 valence electrons. The van der Waals surface area contributed by atoms with E-state index >= 15 is 0 Å². The maximum Gasteiger partial charge on any atom is 0.252 e. The van der Waals surface area contributed by atoms with Crippen molar-refractivity contribution in [3.05, 3.63) is 27.8 Å². The van der Waals surface area contributed by atoms with Gasteiger partial charge in [-0.2, -0.15) is 0 Å². The molecule has 0 saturated carbocycles. The van der Waals surface area contributed by atoms with Gasteiger partial charge in [-0.3, -0.25) is 9.59 Å². The Labute approximate surface area is 158 Å². The monoisotopic (exact) mass is 384 g/mol. The number of hydrogen-bond donors (Lipinski definition) is 6. The molecule has 0 fully saturated rings. The number of nitrogens with one attached hydrogen (secondary N) is 2. The number of carbonyl (C=O) groups excluding carboxylic acids is 2. The van der Waals surface area contributed by atoms with Gasteiger partial charge in [0.2, 0.25) is 0 Å². The van der Waals surface area contributed by atoms with Crippen molar-refractivity contribution in [2.24, 2.45) is 0 Å². The molecule has 6 N–H and O–H groups in total. The normalized spacial score (nSPS) is 11.0. The van der Waals surface area contributed by atoms with Gasteiger partial charge < -0.3 is 35.8 Å². The maximum atomic E-state index is 12.7. The minimum atomic E-state index is -0.839. The Hall–Kier alpha value is -2.20. The van der Waals surface area contributed by atoms with Crippen molar-refractivity contribution in [3.8, 4) is 5.75 Å². The van der Waals surface area contributed by atoms with Crippen LogP contribution in [0, 0.1) is 20.8 Å². The van der Waals surface area contributed by atoms with E-state index in [9.17, 15) is 30.0 Å².